The molecule has 0 aromatic heterocycles. The second kappa shape index (κ2) is 10.4. The first-order valence-corrected chi connectivity index (χ1v) is 11.7. The van der Waals surface area contributed by atoms with Crippen LogP contribution < -0.4 is 5.32 Å². The normalized spacial score (nSPS) is 19.5. The largest absolute Gasteiger partial charge is 0.389 e. The van der Waals surface area contributed by atoms with E-state index in [1.165, 1.54) is 4.31 Å². The van der Waals surface area contributed by atoms with Crippen LogP contribution in [0.2, 0.25) is 0 Å². The van der Waals surface area contributed by atoms with Crippen LogP contribution in [0, 0.1) is 0 Å². The third-order valence-corrected chi connectivity index (χ3v) is 7.06. The summed E-state index contributed by atoms with van der Waals surface area (Å²) in [4.78, 5) is 14.3. The van der Waals surface area contributed by atoms with E-state index in [0.29, 0.717) is 24.6 Å². The number of aliphatic imine (C=N–C) groups is 3. The van der Waals surface area contributed by atoms with Crippen molar-refractivity contribution in [3.63, 3.8) is 0 Å². The highest BCUT2D eigenvalue weighted by atomic mass is 32.2. The van der Waals surface area contributed by atoms with Crippen LogP contribution in [-0.2, 0) is 10.0 Å². The van der Waals surface area contributed by atoms with E-state index in [1.54, 1.807) is 59.1 Å². The van der Waals surface area contributed by atoms with E-state index in [9.17, 15) is 13.5 Å². The second-order valence-corrected chi connectivity index (χ2v) is 10.4. The molecule has 1 atom stereocenters. The van der Waals surface area contributed by atoms with Gasteiger partial charge in [0.25, 0.3) is 0 Å². The lowest BCUT2D eigenvalue weighted by atomic mass is 10.0. The first kappa shape index (κ1) is 25.1. The molecular formula is C21H34N6O3S. The molecule has 0 radical (unpaired) electrons. The lowest BCUT2D eigenvalue weighted by Gasteiger charge is -2.39. The molecule has 10 heteroatoms. The lowest BCUT2D eigenvalue weighted by molar-refractivity contribution is 0.0212. The van der Waals surface area contributed by atoms with Gasteiger partial charge in [0.1, 0.15) is 5.84 Å². The number of amidine groups is 1. The van der Waals surface area contributed by atoms with Crippen LogP contribution in [0.15, 0.2) is 44.1 Å². The minimum absolute atomic E-state index is 0.140. The molecule has 1 fully saturated rings. The van der Waals surface area contributed by atoms with E-state index in [1.807, 2.05) is 0 Å². The summed E-state index contributed by atoms with van der Waals surface area (Å²) in [5, 5.41) is 13.1. The minimum atomic E-state index is -3.65. The lowest BCUT2D eigenvalue weighted by Crippen LogP contribution is -2.51. The molecule has 1 aliphatic heterocycles. The Morgan fingerprint density at radius 3 is 2.55 bits per heavy atom. The number of hydrogen-bond donors (Lipinski definition) is 2. The molecule has 1 saturated heterocycles. The number of nitrogens with zero attached hydrogens (tertiary/aromatic N) is 5. The number of hydrogen-bond acceptors (Lipinski definition) is 5. The predicted molar refractivity (Wildman–Crippen MR) is 127 cm³/mol. The van der Waals surface area contributed by atoms with Crippen molar-refractivity contribution >= 4 is 34.2 Å². The first-order valence-electron chi connectivity index (χ1n) is 10.2. The number of rotatable bonds is 6. The molecule has 1 unspecified atom stereocenters. The van der Waals surface area contributed by atoms with E-state index < -0.39 is 15.6 Å². The molecule has 9 nitrogen and oxygen atoms in total. The fraction of sp³-hybridized carbons (Fsp3) is 0.571. The van der Waals surface area contributed by atoms with E-state index in [0.717, 1.165) is 19.4 Å². The number of likely N-dealkylation sites (tertiary alicyclic amines) is 1. The summed E-state index contributed by atoms with van der Waals surface area (Å²) in [5.74, 6) is 0.826. The standard InChI is InChI=1S/C21H34N6O3S/c1-16(22-4)24-20(23-5)25-17-9-11-19(12-10-17)31(29,30)26(6)18-8-7-13-27(14-18)15-21(2,3)28/h9-12,18,28H,5,7-8,13-15H2,1-4,6H3,(H,22,24,25). The number of guanidine groups is 1. The third kappa shape index (κ3) is 7.20. The van der Waals surface area contributed by atoms with Gasteiger partial charge in [0.05, 0.1) is 10.5 Å². The SMILES string of the molecule is C=NC(=NC(C)=NC)Nc1ccc(S(=O)(=O)N(C)C2CCCN(CC(C)(C)O)C2)cc1. The van der Waals surface area contributed by atoms with Gasteiger partial charge in [-0.2, -0.15) is 9.30 Å². The highest BCUT2D eigenvalue weighted by Crippen LogP contribution is 2.24. The Morgan fingerprint density at radius 2 is 2.00 bits per heavy atom. The molecule has 1 aliphatic rings. The number of aliphatic hydroxyl groups is 1. The van der Waals surface area contributed by atoms with Crippen LogP contribution in [0.25, 0.3) is 0 Å². The Morgan fingerprint density at radius 1 is 1.35 bits per heavy atom. The summed E-state index contributed by atoms with van der Waals surface area (Å²) < 4.78 is 27.8. The fourth-order valence-corrected chi connectivity index (χ4v) is 4.90. The zero-order chi connectivity index (χ0) is 23.2. The fourth-order valence-electron chi connectivity index (χ4n) is 3.53. The number of benzene rings is 1. The Labute approximate surface area is 185 Å². The molecule has 1 heterocycles. The molecule has 0 aliphatic carbocycles. The van der Waals surface area contributed by atoms with Crippen LogP contribution in [0.4, 0.5) is 5.69 Å². The number of β-amino-alcohol motifs (C(OH)–C–C–N with tert-alkyl or cyclic N) is 1. The molecule has 0 amide bonds. The monoisotopic (exact) mass is 450 g/mol. The molecule has 1 aromatic carbocycles. The molecule has 2 rings (SSSR count). The van der Waals surface area contributed by atoms with Crippen molar-refractivity contribution in [2.45, 2.75) is 50.2 Å². The smallest absolute Gasteiger partial charge is 0.243 e. The Balaban J connectivity index is 2.12. The number of piperidine rings is 1. The van der Waals surface area contributed by atoms with Crippen LogP contribution in [0.5, 0.6) is 0 Å². The summed E-state index contributed by atoms with van der Waals surface area (Å²) in [6.45, 7) is 10.7. The van der Waals surface area contributed by atoms with Crippen molar-refractivity contribution in [3.05, 3.63) is 24.3 Å². The number of sulfonamides is 1. The van der Waals surface area contributed by atoms with Crippen LogP contribution in [0.1, 0.15) is 33.6 Å². The van der Waals surface area contributed by atoms with Crippen LogP contribution in [0.3, 0.4) is 0 Å². The van der Waals surface area contributed by atoms with E-state index in [-0.39, 0.29) is 16.9 Å². The molecule has 0 bridgehead atoms. The number of nitrogens with one attached hydrogen (secondary N) is 1. The molecule has 2 N–H and O–H groups in total. The zero-order valence-electron chi connectivity index (χ0n) is 19.0. The van der Waals surface area contributed by atoms with Crippen molar-refractivity contribution in [1.82, 2.24) is 9.21 Å². The number of likely N-dealkylation sites (N-methyl/N-ethyl adjacent to an activating group) is 1. The van der Waals surface area contributed by atoms with E-state index >= 15 is 0 Å². The average molecular weight is 451 g/mol. The Bertz CT molecular complexity index is 919. The van der Waals surface area contributed by atoms with Gasteiger partial charge in [-0.05, 0) is 71.1 Å². The van der Waals surface area contributed by atoms with Gasteiger partial charge in [0.2, 0.25) is 16.0 Å². The predicted octanol–water partition coefficient (Wildman–Crippen LogP) is 2.06. The van der Waals surface area contributed by atoms with Gasteiger partial charge in [-0.25, -0.2) is 13.4 Å². The summed E-state index contributed by atoms with van der Waals surface area (Å²) in [5.41, 5.74) is -0.169. The first-order chi connectivity index (χ1) is 14.5. The summed E-state index contributed by atoms with van der Waals surface area (Å²) in [7, 11) is -0.393. The molecule has 1 aromatic rings. The maximum atomic E-state index is 13.2. The van der Waals surface area contributed by atoms with Gasteiger partial charge in [0.15, 0.2) is 0 Å². The van der Waals surface area contributed by atoms with Crippen molar-refractivity contribution in [3.8, 4) is 0 Å². The summed E-state index contributed by atoms with van der Waals surface area (Å²) in [6, 6.07) is 6.32. The van der Waals surface area contributed by atoms with E-state index in [2.05, 4.69) is 31.9 Å². The minimum Gasteiger partial charge on any atom is -0.389 e. The second-order valence-electron chi connectivity index (χ2n) is 8.38. The Hall–Kier alpha value is -2.14. The molecule has 31 heavy (non-hydrogen) atoms. The summed E-state index contributed by atoms with van der Waals surface area (Å²) >= 11 is 0. The maximum absolute atomic E-state index is 13.2. The van der Waals surface area contributed by atoms with Crippen molar-refractivity contribution < 1.29 is 13.5 Å². The van der Waals surface area contributed by atoms with Crippen molar-refractivity contribution in [2.75, 3.05) is 39.0 Å². The van der Waals surface area contributed by atoms with Crippen LogP contribution in [-0.4, -0.2) is 86.6 Å². The molecule has 0 spiro atoms. The quantitative estimate of drug-likeness (QED) is 0.509. The molecular weight excluding hydrogens is 416 g/mol. The van der Waals surface area contributed by atoms with Gasteiger partial charge in [-0.15, -0.1) is 0 Å². The van der Waals surface area contributed by atoms with Crippen molar-refractivity contribution in [1.29, 1.82) is 0 Å². The van der Waals surface area contributed by atoms with E-state index in [4.69, 9.17) is 0 Å². The van der Waals surface area contributed by atoms with Gasteiger partial charge in [0, 0.05) is 38.9 Å². The maximum Gasteiger partial charge on any atom is 0.243 e. The van der Waals surface area contributed by atoms with Gasteiger partial charge in [-0.1, -0.05) is 0 Å². The topological polar surface area (TPSA) is 110 Å². The highest BCUT2D eigenvalue weighted by Gasteiger charge is 2.32. The Kier molecular flexibility index (Phi) is 8.47. The molecule has 172 valence electrons. The number of anilines is 1. The molecule has 0 saturated carbocycles. The van der Waals surface area contributed by atoms with Gasteiger partial charge in [-0.3, -0.25) is 9.89 Å². The van der Waals surface area contributed by atoms with Crippen LogP contribution >= 0.6 is 0 Å². The zero-order valence-corrected chi connectivity index (χ0v) is 19.9. The average Bonchev–Trinajstić information content (AvgIpc) is 2.71. The third-order valence-electron chi connectivity index (χ3n) is 5.13. The van der Waals surface area contributed by atoms with Gasteiger partial charge < -0.3 is 10.4 Å². The van der Waals surface area contributed by atoms with Crippen molar-refractivity contribution in [2.24, 2.45) is 15.0 Å². The summed E-state index contributed by atoms with van der Waals surface area (Å²) in [6.07, 6.45) is 1.68. The van der Waals surface area contributed by atoms with Gasteiger partial charge >= 0.3 is 0 Å². The highest BCUT2D eigenvalue weighted by molar-refractivity contribution is 7.89.